The summed E-state index contributed by atoms with van der Waals surface area (Å²) in [5.41, 5.74) is -1.35. The summed E-state index contributed by atoms with van der Waals surface area (Å²) in [4.78, 5) is 12.6. The number of anilines is 1. The summed E-state index contributed by atoms with van der Waals surface area (Å²) < 4.78 is 54.6. The molecule has 0 aliphatic carbocycles. The fraction of sp³-hybridized carbons (Fsp3) is 0.278. The lowest BCUT2D eigenvalue weighted by molar-refractivity contribution is -0.119. The molecule has 0 radical (unpaired) electrons. The Morgan fingerprint density at radius 2 is 1.75 bits per heavy atom. The van der Waals surface area contributed by atoms with Gasteiger partial charge in [0.2, 0.25) is 5.91 Å². The minimum absolute atomic E-state index is 0.0523. The van der Waals surface area contributed by atoms with Crippen LogP contribution in [-0.2, 0) is 11.3 Å². The molecule has 6 nitrogen and oxygen atoms in total. The molecule has 2 aromatic heterocycles. The lowest BCUT2D eigenvalue weighted by Gasteiger charge is -2.15. The van der Waals surface area contributed by atoms with Crippen molar-refractivity contribution in [2.24, 2.45) is 0 Å². The highest BCUT2D eigenvalue weighted by Crippen LogP contribution is 2.36. The summed E-state index contributed by atoms with van der Waals surface area (Å²) in [5, 5.41) is 9.91. The van der Waals surface area contributed by atoms with E-state index in [-0.39, 0.29) is 17.4 Å². The fourth-order valence-electron chi connectivity index (χ4n) is 2.80. The smallest absolute Gasteiger partial charge is 0.283 e. The van der Waals surface area contributed by atoms with Crippen molar-refractivity contribution in [1.29, 1.82) is 0 Å². The first kappa shape index (κ1) is 24.6. The van der Waals surface area contributed by atoms with E-state index in [9.17, 15) is 22.4 Å². The van der Waals surface area contributed by atoms with Gasteiger partial charge in [-0.2, -0.15) is 10.2 Å². The third-order valence-electron chi connectivity index (χ3n) is 4.38. The first-order chi connectivity index (χ1) is 15.0. The molecule has 14 heteroatoms. The number of carbonyl (C=O) groups is 1. The average molecular weight is 533 g/mol. The van der Waals surface area contributed by atoms with E-state index < -0.39 is 41.2 Å². The molecule has 3 aromatic rings. The second-order valence-corrected chi connectivity index (χ2v) is 8.18. The zero-order valence-electron chi connectivity index (χ0n) is 16.0. The molecule has 0 bridgehead atoms. The molecule has 0 aliphatic heterocycles. The van der Waals surface area contributed by atoms with Gasteiger partial charge in [-0.3, -0.25) is 9.48 Å². The van der Waals surface area contributed by atoms with Crippen molar-refractivity contribution >= 4 is 58.1 Å². The Morgan fingerprint density at radius 3 is 2.34 bits per heavy atom. The lowest BCUT2D eigenvalue weighted by Crippen LogP contribution is -2.26. The number of hydrogen-bond donors (Lipinski definition) is 1. The van der Waals surface area contributed by atoms with Crippen LogP contribution in [0, 0.1) is 0 Å². The van der Waals surface area contributed by atoms with Crippen molar-refractivity contribution in [1.82, 2.24) is 19.6 Å². The minimum Gasteiger partial charge on any atom is -0.306 e. The molecular formula is C18H13Cl4F4N5O. The highest BCUT2D eigenvalue weighted by atomic mass is 35.5. The first-order valence-corrected chi connectivity index (χ1v) is 10.3. The van der Waals surface area contributed by atoms with Crippen molar-refractivity contribution in [3.63, 3.8) is 0 Å². The van der Waals surface area contributed by atoms with Crippen LogP contribution in [0.1, 0.15) is 42.8 Å². The third kappa shape index (κ3) is 5.14. The Morgan fingerprint density at radius 1 is 1.06 bits per heavy atom. The standard InChI is InChI=1S/C18H13Cl4F4N5O/c1-7(31-14(16(25)26)12(22)13(28-31)15(23)24)18(32)27-17-11(21)6-30(29-17)5-8-2-3-9(19)4-10(8)20/h2-4,6-7,15-16H,5H2,1H3,(H,27,29,32). The highest BCUT2D eigenvalue weighted by molar-refractivity contribution is 6.35. The molecule has 172 valence electrons. The molecular weight excluding hydrogens is 520 g/mol. The van der Waals surface area contributed by atoms with Crippen molar-refractivity contribution in [2.75, 3.05) is 5.32 Å². The Bertz CT molecular complexity index is 1150. The predicted octanol–water partition coefficient (Wildman–Crippen LogP) is 6.82. The normalized spacial score (nSPS) is 12.6. The fourth-order valence-corrected chi connectivity index (χ4v) is 3.75. The van der Waals surface area contributed by atoms with Gasteiger partial charge in [0, 0.05) is 16.2 Å². The van der Waals surface area contributed by atoms with Crippen LogP contribution in [0.3, 0.4) is 0 Å². The number of hydrogen-bond acceptors (Lipinski definition) is 3. The van der Waals surface area contributed by atoms with Gasteiger partial charge in [0.25, 0.3) is 12.9 Å². The van der Waals surface area contributed by atoms with Crippen LogP contribution in [0.5, 0.6) is 0 Å². The Kier molecular flexibility index (Phi) is 7.59. The van der Waals surface area contributed by atoms with E-state index in [4.69, 9.17) is 46.4 Å². The van der Waals surface area contributed by atoms with E-state index >= 15 is 0 Å². The van der Waals surface area contributed by atoms with Gasteiger partial charge in [-0.05, 0) is 24.6 Å². The van der Waals surface area contributed by atoms with Gasteiger partial charge in [0.15, 0.2) is 5.82 Å². The molecule has 0 fully saturated rings. The summed E-state index contributed by atoms with van der Waals surface area (Å²) in [6, 6.07) is 3.46. The maximum atomic E-state index is 13.4. The zero-order valence-corrected chi connectivity index (χ0v) is 19.0. The van der Waals surface area contributed by atoms with Crippen LogP contribution in [0.4, 0.5) is 23.4 Å². The van der Waals surface area contributed by atoms with Crippen molar-refractivity contribution in [3.05, 3.63) is 61.4 Å². The molecule has 0 spiro atoms. The van der Waals surface area contributed by atoms with Crippen LogP contribution in [-0.4, -0.2) is 25.5 Å². The molecule has 1 unspecified atom stereocenters. The number of aromatic nitrogens is 4. The van der Waals surface area contributed by atoms with Crippen molar-refractivity contribution in [2.45, 2.75) is 32.4 Å². The molecule has 32 heavy (non-hydrogen) atoms. The summed E-state index contributed by atoms with van der Waals surface area (Å²) in [6.07, 6.45) is -5.01. The zero-order chi connectivity index (χ0) is 23.7. The summed E-state index contributed by atoms with van der Waals surface area (Å²) in [6.45, 7) is 1.39. The van der Waals surface area contributed by atoms with E-state index in [2.05, 4.69) is 15.5 Å². The molecule has 3 rings (SSSR count). The maximum absolute atomic E-state index is 13.4. The highest BCUT2D eigenvalue weighted by Gasteiger charge is 2.32. The molecule has 0 saturated heterocycles. The SMILES string of the molecule is CC(C(=O)Nc1nn(Cc2ccc(Cl)cc2Cl)cc1Cl)n1nc(C(F)F)c(Cl)c1C(F)F. The number of carbonyl (C=O) groups excluding carboxylic acids is 1. The first-order valence-electron chi connectivity index (χ1n) is 8.81. The van der Waals surface area contributed by atoms with Crippen LogP contribution in [0.15, 0.2) is 24.4 Å². The molecule has 1 aromatic carbocycles. The second-order valence-electron chi connectivity index (χ2n) is 6.55. The van der Waals surface area contributed by atoms with Gasteiger partial charge in [-0.1, -0.05) is 52.5 Å². The summed E-state index contributed by atoms with van der Waals surface area (Å²) in [5.74, 6) is -0.942. The molecule has 1 atom stereocenters. The van der Waals surface area contributed by atoms with Gasteiger partial charge in [0.05, 0.1) is 11.6 Å². The number of rotatable bonds is 7. The monoisotopic (exact) mass is 531 g/mol. The van der Waals surface area contributed by atoms with Gasteiger partial charge in [-0.25, -0.2) is 22.2 Å². The number of nitrogens with one attached hydrogen (secondary N) is 1. The third-order valence-corrected chi connectivity index (χ3v) is 5.63. The maximum Gasteiger partial charge on any atom is 0.283 e. The number of halogens is 8. The Labute approximate surface area is 199 Å². The molecule has 2 heterocycles. The van der Waals surface area contributed by atoms with E-state index in [1.807, 2.05) is 0 Å². The molecule has 0 aliphatic rings. The van der Waals surface area contributed by atoms with Crippen LogP contribution < -0.4 is 5.32 Å². The predicted molar refractivity (Wildman–Crippen MR) is 113 cm³/mol. The topological polar surface area (TPSA) is 64.7 Å². The van der Waals surface area contributed by atoms with E-state index in [1.54, 1.807) is 18.2 Å². The average Bonchev–Trinajstić information content (AvgIpc) is 3.23. The van der Waals surface area contributed by atoms with Crippen molar-refractivity contribution < 1.29 is 22.4 Å². The molecule has 1 amide bonds. The van der Waals surface area contributed by atoms with Gasteiger partial charge in [0.1, 0.15) is 22.5 Å². The quantitative estimate of drug-likeness (QED) is 0.340. The second kappa shape index (κ2) is 9.86. The lowest BCUT2D eigenvalue weighted by atomic mass is 10.2. The van der Waals surface area contributed by atoms with Gasteiger partial charge >= 0.3 is 0 Å². The Balaban J connectivity index is 1.81. The number of alkyl halides is 4. The Hall–Kier alpha value is -2.01. The van der Waals surface area contributed by atoms with Crippen LogP contribution in [0.2, 0.25) is 20.1 Å². The van der Waals surface area contributed by atoms with E-state index in [0.29, 0.717) is 20.3 Å². The van der Waals surface area contributed by atoms with Gasteiger partial charge < -0.3 is 5.32 Å². The van der Waals surface area contributed by atoms with Gasteiger partial charge in [-0.15, -0.1) is 0 Å². The molecule has 0 saturated carbocycles. The van der Waals surface area contributed by atoms with Crippen LogP contribution in [0.25, 0.3) is 0 Å². The summed E-state index contributed by atoms with van der Waals surface area (Å²) >= 11 is 23.7. The number of benzene rings is 1. The largest absolute Gasteiger partial charge is 0.306 e. The van der Waals surface area contributed by atoms with E-state index in [1.165, 1.54) is 17.8 Å². The minimum atomic E-state index is -3.23. The molecule has 1 N–H and O–H groups in total. The summed E-state index contributed by atoms with van der Waals surface area (Å²) in [7, 11) is 0. The van der Waals surface area contributed by atoms with Crippen LogP contribution >= 0.6 is 46.4 Å². The number of nitrogens with zero attached hydrogens (tertiary/aromatic N) is 4. The van der Waals surface area contributed by atoms with E-state index in [0.717, 1.165) is 0 Å². The number of amides is 1. The van der Waals surface area contributed by atoms with Crippen molar-refractivity contribution in [3.8, 4) is 0 Å².